The Morgan fingerprint density at radius 1 is 1.19 bits per heavy atom. The molecule has 2 heteroatoms. The lowest BCUT2D eigenvalue weighted by Crippen LogP contribution is -2.38. The number of ether oxygens (including phenoxy) is 1. The van der Waals surface area contributed by atoms with Crippen LogP contribution in [0.15, 0.2) is 29.8 Å². The molecule has 0 aromatic heterocycles. The zero-order valence-electron chi connectivity index (χ0n) is 13.6. The Morgan fingerprint density at radius 3 is 2.71 bits per heavy atom. The molecule has 21 heavy (non-hydrogen) atoms. The van der Waals surface area contributed by atoms with Crippen molar-refractivity contribution in [2.45, 2.75) is 52.2 Å². The van der Waals surface area contributed by atoms with Crippen LogP contribution in [-0.4, -0.2) is 13.2 Å². The molecular formula is C19H27NO. The summed E-state index contributed by atoms with van der Waals surface area (Å²) in [6.07, 6.45) is 6.28. The number of fused-ring (bicyclic) bond motifs is 1. The Labute approximate surface area is 128 Å². The number of benzene rings is 1. The van der Waals surface area contributed by atoms with Gasteiger partial charge in [-0.15, -0.1) is 0 Å². The van der Waals surface area contributed by atoms with Gasteiger partial charge in [0.05, 0.1) is 0 Å². The van der Waals surface area contributed by atoms with E-state index in [4.69, 9.17) is 4.74 Å². The first-order valence-electron chi connectivity index (χ1n) is 8.18. The Morgan fingerprint density at radius 2 is 2.00 bits per heavy atom. The molecule has 3 rings (SSSR count). The van der Waals surface area contributed by atoms with Crippen molar-refractivity contribution in [3.05, 3.63) is 41.0 Å². The first-order valence-corrected chi connectivity index (χ1v) is 8.18. The van der Waals surface area contributed by atoms with Crippen molar-refractivity contribution in [2.24, 2.45) is 11.8 Å². The predicted octanol–water partition coefficient (Wildman–Crippen LogP) is 4.40. The van der Waals surface area contributed by atoms with E-state index in [1.165, 1.54) is 29.5 Å². The third-order valence-corrected chi connectivity index (χ3v) is 4.99. The first-order chi connectivity index (χ1) is 10.1. The maximum atomic E-state index is 6.39. The highest BCUT2D eigenvalue weighted by Crippen LogP contribution is 2.41. The molecule has 2 aliphatic rings. The van der Waals surface area contributed by atoms with E-state index in [9.17, 15) is 0 Å². The maximum absolute atomic E-state index is 6.39. The number of hydrogen-bond acceptors (Lipinski definition) is 2. The van der Waals surface area contributed by atoms with Crippen molar-refractivity contribution in [2.75, 3.05) is 7.05 Å². The van der Waals surface area contributed by atoms with Crippen LogP contribution in [0.3, 0.4) is 0 Å². The van der Waals surface area contributed by atoms with E-state index in [0.717, 1.165) is 12.2 Å². The van der Waals surface area contributed by atoms with Crippen molar-refractivity contribution in [1.82, 2.24) is 5.32 Å². The molecule has 1 aromatic rings. The molecule has 1 aliphatic carbocycles. The number of nitrogens with one attached hydrogen (secondary N) is 1. The van der Waals surface area contributed by atoms with Crippen molar-refractivity contribution < 1.29 is 4.74 Å². The minimum atomic E-state index is 0.337. The monoisotopic (exact) mass is 285 g/mol. The van der Waals surface area contributed by atoms with Crippen LogP contribution < -0.4 is 10.1 Å². The van der Waals surface area contributed by atoms with Crippen LogP contribution in [0.25, 0.3) is 0 Å². The summed E-state index contributed by atoms with van der Waals surface area (Å²) in [4.78, 5) is 0. The molecule has 4 unspecified atom stereocenters. The summed E-state index contributed by atoms with van der Waals surface area (Å²) in [6, 6.07) is 6.99. The van der Waals surface area contributed by atoms with Gasteiger partial charge in [0.1, 0.15) is 11.9 Å². The molecule has 0 bridgehead atoms. The lowest BCUT2D eigenvalue weighted by Gasteiger charge is -2.39. The summed E-state index contributed by atoms with van der Waals surface area (Å²) in [7, 11) is 2.06. The van der Waals surface area contributed by atoms with Gasteiger partial charge in [-0.25, -0.2) is 0 Å². The average Bonchev–Trinajstić information content (AvgIpc) is 2.45. The van der Waals surface area contributed by atoms with Gasteiger partial charge in [0.2, 0.25) is 0 Å². The Hall–Kier alpha value is -1.28. The van der Waals surface area contributed by atoms with Crippen molar-refractivity contribution in [3.63, 3.8) is 0 Å². The molecule has 0 amide bonds. The number of allylic oxidation sites excluding steroid dienone is 2. The standard InChI is InChI=1S/C19H27NO/c1-12-5-6-18-16(10-12)17(20-4)11-19(21-18)15-8-13(2)7-14(3)9-15/h5-7,10,13,15,17,19-20H,8-9,11H2,1-4H3. The zero-order valence-corrected chi connectivity index (χ0v) is 13.6. The fraction of sp³-hybridized carbons (Fsp3) is 0.579. The summed E-state index contributed by atoms with van der Waals surface area (Å²) in [5.41, 5.74) is 4.16. The lowest BCUT2D eigenvalue weighted by molar-refractivity contribution is 0.0811. The number of hydrogen-bond donors (Lipinski definition) is 1. The van der Waals surface area contributed by atoms with Crippen LogP contribution in [0, 0.1) is 18.8 Å². The van der Waals surface area contributed by atoms with E-state index >= 15 is 0 Å². The SMILES string of the molecule is CNC1CC(C2CC(C)=CC(C)C2)Oc2ccc(C)cc21. The highest BCUT2D eigenvalue weighted by atomic mass is 16.5. The van der Waals surface area contributed by atoms with E-state index in [1.807, 2.05) is 0 Å². The van der Waals surface area contributed by atoms with Crippen molar-refractivity contribution in [3.8, 4) is 5.75 Å². The molecule has 1 N–H and O–H groups in total. The van der Waals surface area contributed by atoms with Crippen LogP contribution in [0.2, 0.25) is 0 Å². The van der Waals surface area contributed by atoms with Gasteiger partial charge in [-0.1, -0.05) is 36.3 Å². The number of rotatable bonds is 2. The molecule has 1 heterocycles. The summed E-state index contributed by atoms with van der Waals surface area (Å²) in [5.74, 6) is 2.41. The molecule has 0 saturated carbocycles. The largest absolute Gasteiger partial charge is 0.490 e. The molecule has 2 nitrogen and oxygen atoms in total. The van der Waals surface area contributed by atoms with Gasteiger partial charge in [0.25, 0.3) is 0 Å². The summed E-state index contributed by atoms with van der Waals surface area (Å²) >= 11 is 0. The van der Waals surface area contributed by atoms with Crippen LogP contribution in [0.1, 0.15) is 50.3 Å². The van der Waals surface area contributed by atoms with Crippen LogP contribution in [0.5, 0.6) is 5.75 Å². The molecule has 1 aliphatic heterocycles. The Bertz CT molecular complexity index is 548. The zero-order chi connectivity index (χ0) is 15.0. The second-order valence-electron chi connectivity index (χ2n) is 6.96. The minimum absolute atomic E-state index is 0.337. The molecule has 0 spiro atoms. The third kappa shape index (κ3) is 3.01. The van der Waals surface area contributed by atoms with E-state index in [2.05, 4.69) is 57.4 Å². The van der Waals surface area contributed by atoms with E-state index in [0.29, 0.717) is 24.0 Å². The van der Waals surface area contributed by atoms with Gasteiger partial charge in [-0.3, -0.25) is 0 Å². The van der Waals surface area contributed by atoms with E-state index in [-0.39, 0.29) is 0 Å². The second-order valence-corrected chi connectivity index (χ2v) is 6.96. The summed E-state index contributed by atoms with van der Waals surface area (Å²) in [5, 5.41) is 3.48. The van der Waals surface area contributed by atoms with Crippen LogP contribution in [-0.2, 0) is 0 Å². The molecule has 114 valence electrons. The molecule has 0 radical (unpaired) electrons. The average molecular weight is 285 g/mol. The van der Waals surface area contributed by atoms with Gasteiger partial charge in [-0.2, -0.15) is 0 Å². The van der Waals surface area contributed by atoms with Gasteiger partial charge in [-0.05, 0) is 45.7 Å². The smallest absolute Gasteiger partial charge is 0.124 e. The summed E-state index contributed by atoms with van der Waals surface area (Å²) in [6.45, 7) is 6.74. The second kappa shape index (κ2) is 5.84. The van der Waals surface area contributed by atoms with Crippen molar-refractivity contribution >= 4 is 0 Å². The molecule has 1 aromatic carbocycles. The molecule has 0 saturated heterocycles. The topological polar surface area (TPSA) is 21.3 Å². The highest BCUT2D eigenvalue weighted by molar-refractivity contribution is 5.41. The fourth-order valence-corrected chi connectivity index (χ4v) is 4.06. The molecule has 0 fully saturated rings. The van der Waals surface area contributed by atoms with Gasteiger partial charge in [0.15, 0.2) is 0 Å². The first kappa shape index (κ1) is 14.6. The summed E-state index contributed by atoms with van der Waals surface area (Å²) < 4.78 is 6.39. The van der Waals surface area contributed by atoms with Gasteiger partial charge in [0, 0.05) is 23.9 Å². The normalized spacial score (nSPS) is 32.1. The minimum Gasteiger partial charge on any atom is -0.490 e. The fourth-order valence-electron chi connectivity index (χ4n) is 4.06. The molecular weight excluding hydrogens is 258 g/mol. The third-order valence-electron chi connectivity index (χ3n) is 4.99. The molecule has 4 atom stereocenters. The number of aryl methyl sites for hydroxylation is 1. The van der Waals surface area contributed by atoms with E-state index in [1.54, 1.807) is 0 Å². The Balaban J connectivity index is 1.84. The van der Waals surface area contributed by atoms with Gasteiger partial charge >= 0.3 is 0 Å². The predicted molar refractivity (Wildman–Crippen MR) is 87.7 cm³/mol. The van der Waals surface area contributed by atoms with Crippen LogP contribution >= 0.6 is 0 Å². The van der Waals surface area contributed by atoms with E-state index < -0.39 is 0 Å². The highest BCUT2D eigenvalue weighted by Gasteiger charge is 2.34. The maximum Gasteiger partial charge on any atom is 0.124 e. The van der Waals surface area contributed by atoms with Crippen LogP contribution in [0.4, 0.5) is 0 Å². The lowest BCUT2D eigenvalue weighted by atomic mass is 9.77. The van der Waals surface area contributed by atoms with Gasteiger partial charge < -0.3 is 10.1 Å². The quantitative estimate of drug-likeness (QED) is 0.813. The van der Waals surface area contributed by atoms with Crippen molar-refractivity contribution in [1.29, 1.82) is 0 Å². The Kier molecular flexibility index (Phi) is 4.08.